The molecule has 0 aromatic heterocycles. The Bertz CT molecular complexity index is 456. The van der Waals surface area contributed by atoms with Gasteiger partial charge < -0.3 is 5.32 Å². The molecule has 1 aromatic carbocycles. The lowest BCUT2D eigenvalue weighted by Gasteiger charge is -2.22. The summed E-state index contributed by atoms with van der Waals surface area (Å²) in [6.45, 7) is 6.24. The quantitative estimate of drug-likeness (QED) is 0.865. The number of benzene rings is 1. The third-order valence-electron chi connectivity index (χ3n) is 3.56. The van der Waals surface area contributed by atoms with Crippen LogP contribution in [0.15, 0.2) is 24.3 Å². The number of aryl methyl sites for hydroxylation is 1. The van der Waals surface area contributed by atoms with Crippen LogP contribution in [0.25, 0.3) is 0 Å². The zero-order chi connectivity index (χ0) is 13.6. The number of nitriles is 1. The molecule has 0 spiro atoms. The molecule has 0 atom stereocenters. The van der Waals surface area contributed by atoms with Crippen LogP contribution in [0.4, 0.5) is 0 Å². The highest BCUT2D eigenvalue weighted by Crippen LogP contribution is 2.25. The molecule has 0 saturated heterocycles. The van der Waals surface area contributed by atoms with Crippen molar-refractivity contribution in [3.8, 4) is 6.07 Å². The highest BCUT2D eigenvalue weighted by Gasteiger charge is 2.34. The number of carbonyl (C=O) groups excluding carboxylic acids is 1. The largest absolute Gasteiger partial charge is 0.351 e. The van der Waals surface area contributed by atoms with E-state index in [0.717, 1.165) is 11.1 Å². The molecule has 0 aliphatic carbocycles. The third kappa shape index (κ3) is 2.89. The van der Waals surface area contributed by atoms with Gasteiger partial charge in [-0.05, 0) is 30.9 Å². The van der Waals surface area contributed by atoms with Gasteiger partial charge in [0, 0.05) is 6.54 Å². The molecule has 1 amide bonds. The van der Waals surface area contributed by atoms with Crippen LogP contribution in [0.5, 0.6) is 0 Å². The molecular weight excluding hydrogens is 224 g/mol. The Morgan fingerprint density at radius 2 is 1.94 bits per heavy atom. The van der Waals surface area contributed by atoms with Crippen molar-refractivity contribution in [1.29, 1.82) is 5.26 Å². The van der Waals surface area contributed by atoms with Gasteiger partial charge in [-0.25, -0.2) is 0 Å². The second-order valence-corrected chi connectivity index (χ2v) is 4.51. The van der Waals surface area contributed by atoms with E-state index >= 15 is 0 Å². The molecule has 0 radical (unpaired) electrons. The second-order valence-electron chi connectivity index (χ2n) is 4.51. The molecule has 0 saturated carbocycles. The van der Waals surface area contributed by atoms with E-state index in [1.54, 1.807) is 0 Å². The number of hydrogen-bond acceptors (Lipinski definition) is 2. The summed E-state index contributed by atoms with van der Waals surface area (Å²) in [5.74, 6) is -0.168. The average molecular weight is 244 g/mol. The second kappa shape index (κ2) is 6.20. The van der Waals surface area contributed by atoms with Gasteiger partial charge in [0.2, 0.25) is 5.91 Å². The Labute approximate surface area is 109 Å². The first kappa shape index (κ1) is 14.2. The summed E-state index contributed by atoms with van der Waals surface area (Å²) in [6.07, 6.45) is 1.08. The molecule has 1 aromatic rings. The maximum atomic E-state index is 12.1. The summed E-state index contributed by atoms with van der Waals surface area (Å²) in [5, 5.41) is 12.1. The maximum Gasteiger partial charge on any atom is 0.240 e. The zero-order valence-electron chi connectivity index (χ0n) is 11.3. The molecule has 0 unspecified atom stereocenters. The van der Waals surface area contributed by atoms with Crippen LogP contribution in [-0.4, -0.2) is 5.91 Å². The van der Waals surface area contributed by atoms with Crippen molar-refractivity contribution >= 4 is 5.91 Å². The Balaban J connectivity index is 2.73. The van der Waals surface area contributed by atoms with E-state index in [1.165, 1.54) is 0 Å². The number of rotatable bonds is 5. The molecule has 3 nitrogen and oxygen atoms in total. The normalized spacial score (nSPS) is 10.8. The van der Waals surface area contributed by atoms with Crippen LogP contribution in [0, 0.1) is 23.7 Å². The van der Waals surface area contributed by atoms with E-state index in [9.17, 15) is 10.1 Å². The van der Waals surface area contributed by atoms with E-state index in [1.807, 2.05) is 45.0 Å². The lowest BCUT2D eigenvalue weighted by Crippen LogP contribution is -2.39. The predicted molar refractivity (Wildman–Crippen MR) is 71.7 cm³/mol. The van der Waals surface area contributed by atoms with Gasteiger partial charge in [-0.15, -0.1) is 0 Å². The van der Waals surface area contributed by atoms with Gasteiger partial charge in [0.15, 0.2) is 0 Å². The number of carbonyl (C=O) groups is 1. The van der Waals surface area contributed by atoms with E-state index in [4.69, 9.17) is 0 Å². The van der Waals surface area contributed by atoms with Crippen molar-refractivity contribution in [2.75, 3.05) is 0 Å². The molecule has 96 valence electrons. The summed E-state index contributed by atoms with van der Waals surface area (Å²) in [6, 6.07) is 10.1. The summed E-state index contributed by atoms with van der Waals surface area (Å²) in [4.78, 5) is 12.1. The van der Waals surface area contributed by atoms with Crippen molar-refractivity contribution in [1.82, 2.24) is 5.32 Å². The van der Waals surface area contributed by atoms with Crippen molar-refractivity contribution in [2.24, 2.45) is 5.41 Å². The van der Waals surface area contributed by atoms with Crippen molar-refractivity contribution in [2.45, 2.75) is 40.2 Å². The summed E-state index contributed by atoms with van der Waals surface area (Å²) in [5.41, 5.74) is 1.35. The highest BCUT2D eigenvalue weighted by molar-refractivity contribution is 5.85. The van der Waals surface area contributed by atoms with E-state index in [-0.39, 0.29) is 5.91 Å². The summed E-state index contributed by atoms with van der Waals surface area (Å²) in [7, 11) is 0. The molecule has 0 aliphatic heterocycles. The fourth-order valence-electron chi connectivity index (χ4n) is 1.93. The van der Waals surface area contributed by atoms with Gasteiger partial charge in [-0.1, -0.05) is 38.1 Å². The van der Waals surface area contributed by atoms with Crippen LogP contribution in [-0.2, 0) is 11.3 Å². The van der Waals surface area contributed by atoms with Gasteiger partial charge in [0.05, 0.1) is 6.07 Å². The molecule has 3 heteroatoms. The van der Waals surface area contributed by atoms with E-state index in [2.05, 4.69) is 11.4 Å². The minimum atomic E-state index is -0.886. The first-order valence-electron chi connectivity index (χ1n) is 6.33. The summed E-state index contributed by atoms with van der Waals surface area (Å²) >= 11 is 0. The average Bonchev–Trinajstić information content (AvgIpc) is 2.40. The topological polar surface area (TPSA) is 52.9 Å². The molecular formula is C15H20N2O. The third-order valence-corrected chi connectivity index (χ3v) is 3.56. The molecule has 0 heterocycles. The van der Waals surface area contributed by atoms with Crippen LogP contribution >= 0.6 is 0 Å². The molecule has 18 heavy (non-hydrogen) atoms. The Hall–Kier alpha value is -1.82. The van der Waals surface area contributed by atoms with Crippen LogP contribution in [0.1, 0.15) is 37.8 Å². The minimum Gasteiger partial charge on any atom is -0.351 e. The Morgan fingerprint density at radius 1 is 1.33 bits per heavy atom. The van der Waals surface area contributed by atoms with Gasteiger partial charge in [0.1, 0.15) is 5.41 Å². The molecule has 0 fully saturated rings. The van der Waals surface area contributed by atoms with Gasteiger partial charge in [-0.3, -0.25) is 4.79 Å². The van der Waals surface area contributed by atoms with Gasteiger partial charge in [-0.2, -0.15) is 5.26 Å². The minimum absolute atomic E-state index is 0.168. The number of amides is 1. The van der Waals surface area contributed by atoms with Crippen molar-refractivity contribution < 1.29 is 4.79 Å². The van der Waals surface area contributed by atoms with Crippen LogP contribution < -0.4 is 5.32 Å². The standard InChI is InChI=1S/C15H20N2O/c1-4-15(5-2,11-16)14(18)17-10-13-9-7-6-8-12(13)3/h6-9H,4-5,10H2,1-3H3,(H,17,18). The number of hydrogen-bond donors (Lipinski definition) is 1. The lowest BCUT2D eigenvalue weighted by atomic mass is 9.83. The highest BCUT2D eigenvalue weighted by atomic mass is 16.2. The first-order chi connectivity index (χ1) is 8.59. The number of nitrogens with one attached hydrogen (secondary N) is 1. The molecule has 0 aliphatic rings. The van der Waals surface area contributed by atoms with E-state index in [0.29, 0.717) is 19.4 Å². The van der Waals surface area contributed by atoms with Crippen molar-refractivity contribution in [3.05, 3.63) is 35.4 Å². The van der Waals surface area contributed by atoms with Crippen molar-refractivity contribution in [3.63, 3.8) is 0 Å². The molecule has 1 rings (SSSR count). The fourth-order valence-corrected chi connectivity index (χ4v) is 1.93. The molecule has 1 N–H and O–H groups in total. The fraction of sp³-hybridized carbons (Fsp3) is 0.467. The Morgan fingerprint density at radius 3 is 2.44 bits per heavy atom. The van der Waals surface area contributed by atoms with Gasteiger partial charge in [0.25, 0.3) is 0 Å². The Kier molecular flexibility index (Phi) is 4.91. The predicted octanol–water partition coefficient (Wildman–Crippen LogP) is 2.94. The molecule has 0 bridgehead atoms. The van der Waals surface area contributed by atoms with Gasteiger partial charge >= 0.3 is 0 Å². The van der Waals surface area contributed by atoms with E-state index < -0.39 is 5.41 Å². The lowest BCUT2D eigenvalue weighted by molar-refractivity contribution is -0.128. The van der Waals surface area contributed by atoms with Crippen LogP contribution in [0.3, 0.4) is 0 Å². The summed E-state index contributed by atoms with van der Waals surface area (Å²) < 4.78 is 0. The number of nitrogens with zero attached hydrogens (tertiary/aromatic N) is 1. The zero-order valence-corrected chi connectivity index (χ0v) is 11.3. The smallest absolute Gasteiger partial charge is 0.240 e. The van der Waals surface area contributed by atoms with Crippen LogP contribution in [0.2, 0.25) is 0 Å². The monoisotopic (exact) mass is 244 g/mol. The maximum absolute atomic E-state index is 12.1. The SMILES string of the molecule is CCC(C#N)(CC)C(=O)NCc1ccccc1C. The first-order valence-corrected chi connectivity index (χ1v) is 6.33.